The van der Waals surface area contributed by atoms with E-state index in [1.807, 2.05) is 45.9 Å². The summed E-state index contributed by atoms with van der Waals surface area (Å²) >= 11 is 6.29. The Kier molecular flexibility index (Phi) is 3.39. The highest BCUT2D eigenvalue weighted by atomic mass is 35.5. The maximum atomic E-state index is 6.29. The van der Waals surface area contributed by atoms with E-state index in [-0.39, 0.29) is 11.2 Å². The highest BCUT2D eigenvalue weighted by Gasteiger charge is 2.52. The zero-order chi connectivity index (χ0) is 13.6. The average molecular weight is 269 g/mol. The van der Waals surface area contributed by atoms with Crippen LogP contribution in [0.25, 0.3) is 0 Å². The van der Waals surface area contributed by atoms with E-state index in [0.717, 1.165) is 5.46 Å². The van der Waals surface area contributed by atoms with Gasteiger partial charge in [0.25, 0.3) is 0 Å². The van der Waals surface area contributed by atoms with Gasteiger partial charge in [-0.1, -0.05) is 23.7 Å². The van der Waals surface area contributed by atoms with Crippen molar-refractivity contribution in [2.75, 3.05) is 7.11 Å². The molecule has 0 radical (unpaired) electrons. The molecule has 98 valence electrons. The number of methoxy groups -OCH3 is 1. The van der Waals surface area contributed by atoms with Crippen LogP contribution in [0.5, 0.6) is 5.75 Å². The van der Waals surface area contributed by atoms with E-state index in [1.165, 1.54) is 0 Å². The van der Waals surface area contributed by atoms with Crippen LogP contribution in [-0.2, 0) is 9.31 Å². The van der Waals surface area contributed by atoms with E-state index in [2.05, 4.69) is 0 Å². The standard InChI is InChI=1S/C13H18BClO3/c1-12(2)13(3,4)18-14(17-12)9-7-6-8-10(16-5)11(9)15/h6-8H,1-5H3. The van der Waals surface area contributed by atoms with Crippen molar-refractivity contribution in [1.82, 2.24) is 0 Å². The summed E-state index contributed by atoms with van der Waals surface area (Å²) in [6, 6.07) is 5.59. The largest absolute Gasteiger partial charge is 0.496 e. The van der Waals surface area contributed by atoms with E-state index in [9.17, 15) is 0 Å². The molecule has 18 heavy (non-hydrogen) atoms. The topological polar surface area (TPSA) is 27.7 Å². The van der Waals surface area contributed by atoms with Crippen molar-refractivity contribution in [3.05, 3.63) is 23.2 Å². The lowest BCUT2D eigenvalue weighted by atomic mass is 9.79. The average Bonchev–Trinajstić information content (AvgIpc) is 2.48. The van der Waals surface area contributed by atoms with E-state index in [0.29, 0.717) is 10.8 Å². The van der Waals surface area contributed by atoms with Crippen molar-refractivity contribution < 1.29 is 14.0 Å². The van der Waals surface area contributed by atoms with E-state index >= 15 is 0 Å². The van der Waals surface area contributed by atoms with Crippen LogP contribution >= 0.6 is 11.6 Å². The Labute approximate surface area is 114 Å². The minimum Gasteiger partial charge on any atom is -0.495 e. The van der Waals surface area contributed by atoms with Gasteiger partial charge in [0.2, 0.25) is 0 Å². The highest BCUT2D eigenvalue weighted by molar-refractivity contribution is 6.66. The number of hydrogen-bond donors (Lipinski definition) is 0. The van der Waals surface area contributed by atoms with Gasteiger partial charge in [-0.3, -0.25) is 0 Å². The lowest BCUT2D eigenvalue weighted by molar-refractivity contribution is 0.00578. The third-order valence-corrected chi connectivity index (χ3v) is 4.12. The minimum atomic E-state index is -0.461. The molecule has 2 rings (SSSR count). The maximum absolute atomic E-state index is 6.29. The van der Waals surface area contributed by atoms with Crippen LogP contribution in [0.15, 0.2) is 18.2 Å². The SMILES string of the molecule is COc1cccc(B2OC(C)(C)C(C)(C)O2)c1Cl. The number of rotatable bonds is 2. The smallest absolute Gasteiger partial charge is 0.495 e. The quantitative estimate of drug-likeness (QED) is 0.772. The van der Waals surface area contributed by atoms with Gasteiger partial charge in [0, 0.05) is 5.46 Å². The van der Waals surface area contributed by atoms with Crippen LogP contribution in [0, 0.1) is 0 Å². The molecule has 1 aromatic carbocycles. The van der Waals surface area contributed by atoms with Gasteiger partial charge in [-0.2, -0.15) is 0 Å². The molecule has 1 aromatic rings. The van der Waals surface area contributed by atoms with Crippen LogP contribution < -0.4 is 10.2 Å². The van der Waals surface area contributed by atoms with E-state index < -0.39 is 7.12 Å². The van der Waals surface area contributed by atoms with Crippen LogP contribution in [0.3, 0.4) is 0 Å². The van der Waals surface area contributed by atoms with Gasteiger partial charge >= 0.3 is 7.12 Å². The molecule has 1 aliphatic rings. The Morgan fingerprint density at radius 1 is 1.11 bits per heavy atom. The molecule has 0 saturated carbocycles. The first-order valence-corrected chi connectivity index (χ1v) is 6.34. The van der Waals surface area contributed by atoms with Gasteiger partial charge < -0.3 is 14.0 Å². The number of hydrogen-bond acceptors (Lipinski definition) is 3. The van der Waals surface area contributed by atoms with E-state index in [1.54, 1.807) is 7.11 Å². The molecule has 0 bridgehead atoms. The van der Waals surface area contributed by atoms with Crippen LogP contribution in [0.4, 0.5) is 0 Å². The lowest BCUT2D eigenvalue weighted by Crippen LogP contribution is -2.41. The lowest BCUT2D eigenvalue weighted by Gasteiger charge is -2.32. The molecular formula is C13H18BClO3. The van der Waals surface area contributed by atoms with Gasteiger partial charge in [0.15, 0.2) is 0 Å². The molecule has 0 atom stereocenters. The fourth-order valence-electron chi connectivity index (χ4n) is 1.84. The monoisotopic (exact) mass is 268 g/mol. The Morgan fingerprint density at radius 2 is 1.67 bits per heavy atom. The molecular weight excluding hydrogens is 250 g/mol. The van der Waals surface area contributed by atoms with E-state index in [4.69, 9.17) is 25.6 Å². The third-order valence-electron chi connectivity index (χ3n) is 3.72. The van der Waals surface area contributed by atoms with Gasteiger partial charge in [-0.05, 0) is 33.8 Å². The third kappa shape index (κ3) is 2.13. The Morgan fingerprint density at radius 3 is 2.17 bits per heavy atom. The molecule has 0 N–H and O–H groups in total. The summed E-state index contributed by atoms with van der Waals surface area (Å²) in [4.78, 5) is 0. The molecule has 0 spiro atoms. The van der Waals surface area contributed by atoms with Crippen molar-refractivity contribution in [2.24, 2.45) is 0 Å². The fourth-order valence-corrected chi connectivity index (χ4v) is 2.13. The Bertz CT molecular complexity index is 444. The summed E-state index contributed by atoms with van der Waals surface area (Å²) in [6.07, 6.45) is 0. The first-order valence-electron chi connectivity index (χ1n) is 5.96. The van der Waals surface area contributed by atoms with Gasteiger partial charge in [-0.25, -0.2) is 0 Å². The molecule has 0 aliphatic carbocycles. The maximum Gasteiger partial charge on any atom is 0.496 e. The predicted octanol–water partition coefficient (Wildman–Crippen LogP) is 2.65. The number of halogens is 1. The molecule has 3 nitrogen and oxygen atoms in total. The van der Waals surface area contributed by atoms with Crippen molar-refractivity contribution in [3.63, 3.8) is 0 Å². The molecule has 1 aliphatic heterocycles. The molecule has 1 fully saturated rings. The fraction of sp³-hybridized carbons (Fsp3) is 0.538. The second kappa shape index (κ2) is 4.44. The van der Waals surface area contributed by atoms with Gasteiger partial charge in [-0.15, -0.1) is 0 Å². The summed E-state index contributed by atoms with van der Waals surface area (Å²) < 4.78 is 17.1. The van der Waals surface area contributed by atoms with Crippen molar-refractivity contribution in [2.45, 2.75) is 38.9 Å². The Hall–Kier alpha value is -0.705. The van der Waals surface area contributed by atoms with Crippen LogP contribution in [-0.4, -0.2) is 25.4 Å². The van der Waals surface area contributed by atoms with Crippen LogP contribution in [0.1, 0.15) is 27.7 Å². The molecule has 0 amide bonds. The summed E-state index contributed by atoms with van der Waals surface area (Å²) in [6.45, 7) is 8.06. The van der Waals surface area contributed by atoms with Crippen LogP contribution in [0.2, 0.25) is 5.02 Å². The first-order chi connectivity index (χ1) is 8.28. The minimum absolute atomic E-state index is 0.371. The highest BCUT2D eigenvalue weighted by Crippen LogP contribution is 2.37. The molecule has 1 heterocycles. The zero-order valence-electron chi connectivity index (χ0n) is 11.4. The summed E-state index contributed by atoms with van der Waals surface area (Å²) in [7, 11) is 1.13. The van der Waals surface area contributed by atoms with Crippen molar-refractivity contribution >= 4 is 24.2 Å². The molecule has 0 unspecified atom stereocenters. The first kappa shape index (κ1) is 13.7. The van der Waals surface area contributed by atoms with Gasteiger partial charge in [0.1, 0.15) is 5.75 Å². The Balaban J connectivity index is 2.35. The second-order valence-corrected chi connectivity index (χ2v) is 5.83. The summed E-state index contributed by atoms with van der Waals surface area (Å²) in [5.41, 5.74) is 0.0587. The summed E-state index contributed by atoms with van der Waals surface area (Å²) in [5.74, 6) is 0.629. The zero-order valence-corrected chi connectivity index (χ0v) is 12.2. The number of ether oxygens (including phenoxy) is 1. The molecule has 5 heteroatoms. The number of benzene rings is 1. The molecule has 0 aromatic heterocycles. The normalized spacial score (nSPS) is 21.1. The molecule has 1 saturated heterocycles. The second-order valence-electron chi connectivity index (χ2n) is 5.45. The van der Waals surface area contributed by atoms with Crippen molar-refractivity contribution in [1.29, 1.82) is 0 Å². The predicted molar refractivity (Wildman–Crippen MR) is 73.7 cm³/mol. The van der Waals surface area contributed by atoms with Gasteiger partial charge in [0.05, 0.1) is 23.3 Å². The van der Waals surface area contributed by atoms with Crippen molar-refractivity contribution in [3.8, 4) is 5.75 Å². The summed E-state index contributed by atoms with van der Waals surface area (Å²) in [5, 5.41) is 0.540.